The maximum atomic E-state index is 12.6. The van der Waals surface area contributed by atoms with Crippen molar-refractivity contribution in [1.29, 1.82) is 0 Å². The highest BCUT2D eigenvalue weighted by molar-refractivity contribution is 7.89. The molecule has 0 saturated heterocycles. The lowest BCUT2D eigenvalue weighted by molar-refractivity contribution is 0.181. The third kappa shape index (κ3) is 4.50. The molecule has 0 aliphatic carbocycles. The molecule has 25 heavy (non-hydrogen) atoms. The molecule has 1 unspecified atom stereocenters. The van der Waals surface area contributed by atoms with Crippen LogP contribution in [0.4, 0.5) is 0 Å². The fourth-order valence-corrected chi connectivity index (χ4v) is 4.17. The van der Waals surface area contributed by atoms with Gasteiger partial charge in [-0.05, 0) is 54.8 Å². The molecule has 2 aromatic carbocycles. The SMILES string of the molecule is COc1cccc(C(O)CNS(=O)(=O)c2c(C)cc(OC)cc2C)c1. The molecule has 0 aliphatic rings. The first-order valence-corrected chi connectivity index (χ1v) is 9.23. The van der Waals surface area contributed by atoms with E-state index < -0.39 is 16.1 Å². The van der Waals surface area contributed by atoms with Crippen LogP contribution in [0.15, 0.2) is 41.3 Å². The van der Waals surface area contributed by atoms with Crippen molar-refractivity contribution in [3.63, 3.8) is 0 Å². The average Bonchev–Trinajstić information content (AvgIpc) is 2.58. The monoisotopic (exact) mass is 365 g/mol. The number of rotatable bonds is 7. The zero-order valence-electron chi connectivity index (χ0n) is 14.7. The zero-order chi connectivity index (χ0) is 18.6. The Morgan fingerprint density at radius 1 is 1.04 bits per heavy atom. The number of hydrogen-bond acceptors (Lipinski definition) is 5. The Morgan fingerprint density at radius 2 is 1.64 bits per heavy atom. The first-order chi connectivity index (χ1) is 11.8. The van der Waals surface area contributed by atoms with Gasteiger partial charge in [0.05, 0.1) is 25.2 Å². The van der Waals surface area contributed by atoms with Crippen molar-refractivity contribution in [2.24, 2.45) is 0 Å². The molecule has 0 heterocycles. The highest BCUT2D eigenvalue weighted by Crippen LogP contribution is 2.26. The summed E-state index contributed by atoms with van der Waals surface area (Å²) in [7, 11) is -0.698. The zero-order valence-corrected chi connectivity index (χ0v) is 15.6. The summed E-state index contributed by atoms with van der Waals surface area (Å²) in [4.78, 5) is 0.200. The second-order valence-electron chi connectivity index (χ2n) is 5.73. The van der Waals surface area contributed by atoms with Gasteiger partial charge in [0, 0.05) is 6.54 Å². The van der Waals surface area contributed by atoms with Crippen molar-refractivity contribution in [2.75, 3.05) is 20.8 Å². The summed E-state index contributed by atoms with van der Waals surface area (Å²) in [5, 5.41) is 10.3. The number of aryl methyl sites for hydroxylation is 2. The summed E-state index contributed by atoms with van der Waals surface area (Å²) >= 11 is 0. The van der Waals surface area contributed by atoms with Crippen LogP contribution in [0.3, 0.4) is 0 Å². The number of nitrogens with one attached hydrogen (secondary N) is 1. The molecule has 0 spiro atoms. The number of methoxy groups -OCH3 is 2. The van der Waals surface area contributed by atoms with Crippen LogP contribution in [-0.2, 0) is 10.0 Å². The summed E-state index contributed by atoms with van der Waals surface area (Å²) in [6.45, 7) is 3.28. The molecular formula is C18H23NO5S. The van der Waals surface area contributed by atoms with Gasteiger partial charge in [0.1, 0.15) is 11.5 Å². The third-order valence-electron chi connectivity index (χ3n) is 3.88. The number of benzene rings is 2. The molecule has 1 atom stereocenters. The summed E-state index contributed by atoms with van der Waals surface area (Å²) in [6.07, 6.45) is -0.983. The molecule has 0 aliphatic heterocycles. The molecule has 0 aromatic heterocycles. The van der Waals surface area contributed by atoms with Gasteiger partial charge in [-0.2, -0.15) is 0 Å². The van der Waals surface area contributed by atoms with Gasteiger partial charge in [0.2, 0.25) is 10.0 Å². The van der Waals surface area contributed by atoms with E-state index in [-0.39, 0.29) is 11.4 Å². The summed E-state index contributed by atoms with van der Waals surface area (Å²) < 4.78 is 38.0. The average molecular weight is 365 g/mol. The van der Waals surface area contributed by atoms with Crippen LogP contribution in [0.2, 0.25) is 0 Å². The molecular weight excluding hydrogens is 342 g/mol. The maximum absolute atomic E-state index is 12.6. The second kappa shape index (κ2) is 7.86. The van der Waals surface area contributed by atoms with Gasteiger partial charge >= 0.3 is 0 Å². The van der Waals surface area contributed by atoms with E-state index in [0.29, 0.717) is 28.2 Å². The predicted molar refractivity (Wildman–Crippen MR) is 95.6 cm³/mol. The Bertz CT molecular complexity index is 825. The van der Waals surface area contributed by atoms with Gasteiger partial charge in [0.15, 0.2) is 0 Å². The maximum Gasteiger partial charge on any atom is 0.241 e. The molecule has 0 bridgehead atoms. The van der Waals surface area contributed by atoms with Crippen LogP contribution >= 0.6 is 0 Å². The van der Waals surface area contributed by atoms with Gasteiger partial charge in [-0.1, -0.05) is 12.1 Å². The van der Waals surface area contributed by atoms with Crippen molar-refractivity contribution in [3.8, 4) is 11.5 Å². The molecule has 0 amide bonds. The fraction of sp³-hybridized carbons (Fsp3) is 0.333. The first-order valence-electron chi connectivity index (χ1n) is 7.75. The van der Waals surface area contributed by atoms with Gasteiger partial charge in [-0.25, -0.2) is 13.1 Å². The lowest BCUT2D eigenvalue weighted by atomic mass is 10.1. The van der Waals surface area contributed by atoms with Crippen LogP contribution in [0.5, 0.6) is 11.5 Å². The van der Waals surface area contributed by atoms with Crippen molar-refractivity contribution in [3.05, 3.63) is 53.1 Å². The summed E-state index contributed by atoms with van der Waals surface area (Å²) in [5.74, 6) is 1.20. The quantitative estimate of drug-likeness (QED) is 0.787. The van der Waals surface area contributed by atoms with E-state index >= 15 is 0 Å². The van der Waals surface area contributed by atoms with E-state index in [1.165, 1.54) is 14.2 Å². The number of aliphatic hydroxyl groups is 1. The Morgan fingerprint density at radius 3 is 2.20 bits per heavy atom. The molecule has 0 fully saturated rings. The predicted octanol–water partition coefficient (Wildman–Crippen LogP) is 2.33. The van der Waals surface area contributed by atoms with Gasteiger partial charge < -0.3 is 14.6 Å². The van der Waals surface area contributed by atoms with E-state index in [4.69, 9.17) is 9.47 Å². The highest BCUT2D eigenvalue weighted by Gasteiger charge is 2.22. The number of aliphatic hydroxyl groups excluding tert-OH is 1. The Kier molecular flexibility index (Phi) is 6.05. The standard InChI is InChI=1S/C18H23NO5S/c1-12-8-16(24-4)9-13(2)18(12)25(21,22)19-11-17(20)14-6-5-7-15(10-14)23-3/h5-10,17,19-20H,11H2,1-4H3. The smallest absolute Gasteiger partial charge is 0.241 e. The second-order valence-corrected chi connectivity index (χ2v) is 7.44. The molecule has 136 valence electrons. The lowest BCUT2D eigenvalue weighted by Crippen LogP contribution is -2.29. The van der Waals surface area contributed by atoms with E-state index in [1.807, 2.05) is 0 Å². The van der Waals surface area contributed by atoms with Gasteiger partial charge in [0.25, 0.3) is 0 Å². The highest BCUT2D eigenvalue weighted by atomic mass is 32.2. The van der Waals surface area contributed by atoms with E-state index in [9.17, 15) is 13.5 Å². The van der Waals surface area contributed by atoms with Gasteiger partial charge in [-0.3, -0.25) is 0 Å². The molecule has 7 heteroatoms. The molecule has 6 nitrogen and oxygen atoms in total. The minimum absolute atomic E-state index is 0.138. The molecule has 2 rings (SSSR count). The van der Waals surface area contributed by atoms with Crippen LogP contribution in [0.25, 0.3) is 0 Å². The Hall–Kier alpha value is -2.09. The normalized spacial score (nSPS) is 12.7. The minimum Gasteiger partial charge on any atom is -0.497 e. The lowest BCUT2D eigenvalue weighted by Gasteiger charge is -2.16. The summed E-state index contributed by atoms with van der Waals surface area (Å²) in [6, 6.07) is 10.2. The third-order valence-corrected chi connectivity index (χ3v) is 5.61. The Labute approximate surface area is 148 Å². The van der Waals surface area contributed by atoms with Crippen molar-refractivity contribution in [1.82, 2.24) is 4.72 Å². The summed E-state index contributed by atoms with van der Waals surface area (Å²) in [5.41, 5.74) is 1.74. The topological polar surface area (TPSA) is 84.9 Å². The van der Waals surface area contributed by atoms with Gasteiger partial charge in [-0.15, -0.1) is 0 Å². The number of sulfonamides is 1. The van der Waals surface area contributed by atoms with Crippen LogP contribution in [-0.4, -0.2) is 34.3 Å². The minimum atomic E-state index is -3.76. The Balaban J connectivity index is 2.19. The van der Waals surface area contributed by atoms with Crippen molar-refractivity contribution in [2.45, 2.75) is 24.8 Å². The van der Waals surface area contributed by atoms with E-state index in [1.54, 1.807) is 50.2 Å². The van der Waals surface area contributed by atoms with E-state index in [2.05, 4.69) is 4.72 Å². The molecule has 0 radical (unpaired) electrons. The van der Waals surface area contributed by atoms with Crippen LogP contribution in [0, 0.1) is 13.8 Å². The largest absolute Gasteiger partial charge is 0.497 e. The van der Waals surface area contributed by atoms with Crippen LogP contribution in [0.1, 0.15) is 22.8 Å². The molecule has 2 aromatic rings. The van der Waals surface area contributed by atoms with Crippen molar-refractivity contribution < 1.29 is 23.0 Å². The molecule has 2 N–H and O–H groups in total. The van der Waals surface area contributed by atoms with Crippen molar-refractivity contribution >= 4 is 10.0 Å². The molecule has 0 saturated carbocycles. The number of hydrogen-bond donors (Lipinski definition) is 2. The number of ether oxygens (including phenoxy) is 2. The first kappa shape index (κ1) is 19.2. The van der Waals surface area contributed by atoms with E-state index in [0.717, 1.165) is 0 Å². The van der Waals surface area contributed by atoms with Crippen LogP contribution < -0.4 is 14.2 Å². The fourth-order valence-electron chi connectivity index (χ4n) is 2.68.